The van der Waals surface area contributed by atoms with Crippen LogP contribution in [0.1, 0.15) is 64.2 Å². The maximum absolute atomic E-state index is 2.53. The zero-order chi connectivity index (χ0) is 11.5. The van der Waals surface area contributed by atoms with Gasteiger partial charge in [0.05, 0.1) is 0 Å². The summed E-state index contributed by atoms with van der Waals surface area (Å²) in [5, 5.41) is 3.42. The predicted molar refractivity (Wildman–Crippen MR) is 80.2 cm³/mol. The van der Waals surface area contributed by atoms with E-state index in [1.54, 1.807) is 0 Å². The monoisotopic (exact) mass is 268 g/mol. The molecule has 0 nitrogen and oxygen atoms in total. The second-order valence-corrected chi connectivity index (χ2v) is 8.25. The standard InChI is InChI=1S/C15H24S2/c1-3-7-12(8-4-1)14-11-16-17-15(14)13-9-5-2-6-10-13/h11-13,15H,1-10H2. The third-order valence-electron chi connectivity index (χ3n) is 4.83. The maximum atomic E-state index is 2.53. The summed E-state index contributed by atoms with van der Waals surface area (Å²) < 4.78 is 0. The first-order chi connectivity index (χ1) is 8.45. The van der Waals surface area contributed by atoms with Crippen LogP contribution in [0.25, 0.3) is 0 Å². The lowest BCUT2D eigenvalue weighted by atomic mass is 9.77. The topological polar surface area (TPSA) is 0 Å². The Bertz CT molecular complexity index is 273. The van der Waals surface area contributed by atoms with Crippen molar-refractivity contribution >= 4 is 21.6 Å². The highest BCUT2D eigenvalue weighted by molar-refractivity contribution is 8.78. The lowest BCUT2D eigenvalue weighted by molar-refractivity contribution is 0.335. The molecule has 2 fully saturated rings. The third-order valence-corrected chi connectivity index (χ3v) is 7.41. The molecule has 0 radical (unpaired) electrons. The first-order valence-electron chi connectivity index (χ1n) is 7.47. The van der Waals surface area contributed by atoms with E-state index >= 15 is 0 Å². The molecule has 1 unspecified atom stereocenters. The van der Waals surface area contributed by atoms with Crippen molar-refractivity contribution < 1.29 is 0 Å². The Morgan fingerprint density at radius 1 is 0.824 bits per heavy atom. The molecule has 0 bridgehead atoms. The Morgan fingerprint density at radius 3 is 2.18 bits per heavy atom. The molecule has 0 spiro atoms. The van der Waals surface area contributed by atoms with Crippen LogP contribution < -0.4 is 0 Å². The van der Waals surface area contributed by atoms with Gasteiger partial charge in [0, 0.05) is 5.25 Å². The largest absolute Gasteiger partial charge is 0.0813 e. The summed E-state index contributed by atoms with van der Waals surface area (Å²) in [6.07, 6.45) is 14.9. The van der Waals surface area contributed by atoms with Gasteiger partial charge in [-0.3, -0.25) is 0 Å². The van der Waals surface area contributed by atoms with Gasteiger partial charge in [-0.15, -0.1) is 0 Å². The Morgan fingerprint density at radius 2 is 1.47 bits per heavy atom. The van der Waals surface area contributed by atoms with Crippen molar-refractivity contribution in [3.63, 3.8) is 0 Å². The average molecular weight is 268 g/mol. The fourth-order valence-corrected chi connectivity index (χ4v) is 6.99. The fourth-order valence-electron chi connectivity index (χ4n) is 3.82. The van der Waals surface area contributed by atoms with Crippen molar-refractivity contribution in [3.05, 3.63) is 11.0 Å². The molecular formula is C15H24S2. The van der Waals surface area contributed by atoms with E-state index in [4.69, 9.17) is 0 Å². The minimum absolute atomic E-state index is 0.892. The molecule has 17 heavy (non-hydrogen) atoms. The molecule has 2 aliphatic carbocycles. The quantitative estimate of drug-likeness (QED) is 0.581. The van der Waals surface area contributed by atoms with Gasteiger partial charge in [0.1, 0.15) is 0 Å². The van der Waals surface area contributed by atoms with E-state index in [9.17, 15) is 0 Å². The second kappa shape index (κ2) is 6.06. The van der Waals surface area contributed by atoms with Crippen molar-refractivity contribution in [2.45, 2.75) is 69.5 Å². The van der Waals surface area contributed by atoms with Crippen LogP contribution in [-0.2, 0) is 0 Å². The van der Waals surface area contributed by atoms with E-state index in [0.717, 1.165) is 17.1 Å². The van der Waals surface area contributed by atoms with Gasteiger partial charge < -0.3 is 0 Å². The van der Waals surface area contributed by atoms with Gasteiger partial charge in [-0.1, -0.05) is 60.1 Å². The van der Waals surface area contributed by atoms with Crippen LogP contribution in [0.4, 0.5) is 0 Å². The molecular weight excluding hydrogens is 244 g/mol. The van der Waals surface area contributed by atoms with E-state index < -0.39 is 0 Å². The average Bonchev–Trinajstić information content (AvgIpc) is 2.90. The van der Waals surface area contributed by atoms with E-state index in [1.165, 1.54) is 64.2 Å². The third kappa shape index (κ3) is 2.89. The van der Waals surface area contributed by atoms with Crippen LogP contribution >= 0.6 is 21.6 Å². The summed E-state index contributed by atoms with van der Waals surface area (Å²) in [4.78, 5) is 0. The summed E-state index contributed by atoms with van der Waals surface area (Å²) in [5.74, 6) is 1.97. The van der Waals surface area contributed by atoms with E-state index in [1.807, 2.05) is 16.4 Å². The van der Waals surface area contributed by atoms with Crippen LogP contribution in [-0.4, -0.2) is 5.25 Å². The molecule has 3 rings (SSSR count). The second-order valence-electron chi connectivity index (χ2n) is 5.96. The molecule has 2 heteroatoms. The molecule has 0 saturated heterocycles. The van der Waals surface area contributed by atoms with Crippen molar-refractivity contribution in [3.8, 4) is 0 Å². The van der Waals surface area contributed by atoms with Gasteiger partial charge >= 0.3 is 0 Å². The molecule has 1 heterocycles. The summed E-state index contributed by atoms with van der Waals surface area (Å²) in [5.41, 5.74) is 1.85. The molecule has 2 saturated carbocycles. The van der Waals surface area contributed by atoms with E-state index in [0.29, 0.717) is 0 Å². The Labute approximate surface area is 114 Å². The summed E-state index contributed by atoms with van der Waals surface area (Å²) >= 11 is 0. The molecule has 96 valence electrons. The minimum atomic E-state index is 0.892. The molecule has 1 aliphatic heterocycles. The van der Waals surface area contributed by atoms with Crippen LogP contribution in [0, 0.1) is 11.8 Å². The lowest BCUT2D eigenvalue weighted by Crippen LogP contribution is -2.24. The maximum Gasteiger partial charge on any atom is 0.0402 e. The smallest absolute Gasteiger partial charge is 0.0402 e. The highest BCUT2D eigenvalue weighted by Gasteiger charge is 2.34. The molecule has 0 aromatic heterocycles. The zero-order valence-electron chi connectivity index (χ0n) is 10.7. The number of hydrogen-bond acceptors (Lipinski definition) is 2. The molecule has 0 N–H and O–H groups in total. The van der Waals surface area contributed by atoms with Gasteiger partial charge in [-0.2, -0.15) is 0 Å². The number of rotatable bonds is 2. The minimum Gasteiger partial charge on any atom is -0.0813 e. The van der Waals surface area contributed by atoms with Crippen LogP contribution in [0.15, 0.2) is 11.0 Å². The van der Waals surface area contributed by atoms with Gasteiger partial charge in [-0.25, -0.2) is 0 Å². The first-order valence-corrected chi connectivity index (χ1v) is 9.75. The van der Waals surface area contributed by atoms with Crippen molar-refractivity contribution in [1.82, 2.24) is 0 Å². The summed E-state index contributed by atoms with van der Waals surface area (Å²) in [6.45, 7) is 0. The Kier molecular flexibility index (Phi) is 4.44. The van der Waals surface area contributed by atoms with Crippen molar-refractivity contribution in [2.24, 2.45) is 11.8 Å². The van der Waals surface area contributed by atoms with Crippen LogP contribution in [0.3, 0.4) is 0 Å². The SMILES string of the molecule is C1=C(C2CCCCC2)C(C2CCCCC2)SS1. The summed E-state index contributed by atoms with van der Waals surface area (Å²) in [6, 6.07) is 0. The van der Waals surface area contributed by atoms with Crippen molar-refractivity contribution in [2.75, 3.05) is 0 Å². The molecule has 0 aromatic carbocycles. The molecule has 1 atom stereocenters. The molecule has 3 aliphatic rings. The van der Waals surface area contributed by atoms with Gasteiger partial charge in [0.15, 0.2) is 0 Å². The lowest BCUT2D eigenvalue weighted by Gasteiger charge is -2.32. The van der Waals surface area contributed by atoms with E-state index in [-0.39, 0.29) is 0 Å². The van der Waals surface area contributed by atoms with Gasteiger partial charge in [-0.05, 0) is 48.5 Å². The van der Waals surface area contributed by atoms with E-state index in [2.05, 4.69) is 16.2 Å². The highest BCUT2D eigenvalue weighted by Crippen LogP contribution is 2.51. The number of hydrogen-bond donors (Lipinski definition) is 0. The Hall–Kier alpha value is 0.440. The zero-order valence-corrected chi connectivity index (χ0v) is 12.3. The van der Waals surface area contributed by atoms with Gasteiger partial charge in [0.25, 0.3) is 0 Å². The van der Waals surface area contributed by atoms with Crippen LogP contribution in [0.5, 0.6) is 0 Å². The van der Waals surface area contributed by atoms with Gasteiger partial charge in [0.2, 0.25) is 0 Å². The highest BCUT2D eigenvalue weighted by atomic mass is 33.1. The fraction of sp³-hybridized carbons (Fsp3) is 0.867. The van der Waals surface area contributed by atoms with Crippen LogP contribution in [0.2, 0.25) is 0 Å². The normalized spacial score (nSPS) is 32.7. The first kappa shape index (κ1) is 12.5. The Balaban J connectivity index is 1.65. The summed E-state index contributed by atoms with van der Waals surface area (Å²) in [7, 11) is 4.21. The molecule has 0 aromatic rings. The van der Waals surface area contributed by atoms with Crippen molar-refractivity contribution in [1.29, 1.82) is 0 Å². The molecule has 0 amide bonds. The predicted octanol–water partition coefficient (Wildman–Crippen LogP) is 5.79.